The topological polar surface area (TPSA) is 65.5 Å². The SMILES string of the molecule is COC(=O)c1cc2nc(-c3ccccc3)sc2c(-c2ccccc2)c1C(=O)OC. The van der Waals surface area contributed by atoms with Crippen molar-refractivity contribution < 1.29 is 19.1 Å². The lowest BCUT2D eigenvalue weighted by atomic mass is 9.94. The number of aromatic nitrogens is 1. The van der Waals surface area contributed by atoms with Crippen LogP contribution in [0.3, 0.4) is 0 Å². The third-order valence-electron chi connectivity index (χ3n) is 4.56. The van der Waals surface area contributed by atoms with Crippen molar-refractivity contribution in [2.75, 3.05) is 14.2 Å². The van der Waals surface area contributed by atoms with Gasteiger partial charge in [-0.05, 0) is 11.6 Å². The monoisotopic (exact) mass is 403 g/mol. The second kappa shape index (κ2) is 7.85. The minimum Gasteiger partial charge on any atom is -0.465 e. The maximum absolute atomic E-state index is 12.7. The van der Waals surface area contributed by atoms with Crippen molar-refractivity contribution in [3.8, 4) is 21.7 Å². The summed E-state index contributed by atoms with van der Waals surface area (Å²) in [6.45, 7) is 0. The molecule has 0 amide bonds. The molecule has 6 heteroatoms. The van der Waals surface area contributed by atoms with Crippen LogP contribution in [0.4, 0.5) is 0 Å². The lowest BCUT2D eigenvalue weighted by molar-refractivity contribution is 0.0556. The maximum atomic E-state index is 12.7. The van der Waals surface area contributed by atoms with Crippen molar-refractivity contribution in [2.45, 2.75) is 0 Å². The first-order valence-corrected chi connectivity index (χ1v) is 9.70. The molecular weight excluding hydrogens is 386 g/mol. The zero-order valence-corrected chi connectivity index (χ0v) is 16.7. The van der Waals surface area contributed by atoms with Crippen LogP contribution in [0.1, 0.15) is 20.7 Å². The number of esters is 2. The molecule has 0 fully saturated rings. The molecule has 4 rings (SSSR count). The van der Waals surface area contributed by atoms with E-state index in [9.17, 15) is 9.59 Å². The summed E-state index contributed by atoms with van der Waals surface area (Å²) in [7, 11) is 2.58. The number of thiazole rings is 1. The minimum absolute atomic E-state index is 0.135. The Morgan fingerprint density at radius 1 is 0.828 bits per heavy atom. The van der Waals surface area contributed by atoms with Gasteiger partial charge in [0, 0.05) is 11.1 Å². The molecule has 144 valence electrons. The molecule has 0 radical (unpaired) electrons. The standard InChI is InChI=1S/C23H17NO4S/c1-27-22(25)16-13-17-20(29-21(24-17)15-11-7-4-8-12-15)18(19(16)23(26)28-2)14-9-5-3-6-10-14/h3-13H,1-2H3. The lowest BCUT2D eigenvalue weighted by Gasteiger charge is -2.13. The van der Waals surface area contributed by atoms with E-state index >= 15 is 0 Å². The molecule has 0 aliphatic rings. The summed E-state index contributed by atoms with van der Waals surface area (Å²) < 4.78 is 10.8. The Hall–Kier alpha value is -3.51. The van der Waals surface area contributed by atoms with E-state index in [1.54, 1.807) is 6.07 Å². The molecule has 0 aliphatic heterocycles. The average molecular weight is 403 g/mol. The molecule has 0 bridgehead atoms. The van der Waals surface area contributed by atoms with Crippen molar-refractivity contribution in [1.82, 2.24) is 4.98 Å². The number of nitrogens with zero attached hydrogens (tertiary/aromatic N) is 1. The smallest absolute Gasteiger partial charge is 0.339 e. The van der Waals surface area contributed by atoms with Crippen molar-refractivity contribution in [3.05, 3.63) is 77.9 Å². The second-order valence-electron chi connectivity index (χ2n) is 6.26. The van der Waals surface area contributed by atoms with Crippen LogP contribution in [0, 0.1) is 0 Å². The zero-order valence-electron chi connectivity index (χ0n) is 15.8. The number of benzene rings is 3. The van der Waals surface area contributed by atoms with Crippen LogP contribution in [0.5, 0.6) is 0 Å². The van der Waals surface area contributed by atoms with Gasteiger partial charge in [0.1, 0.15) is 5.01 Å². The average Bonchev–Trinajstić information content (AvgIpc) is 3.21. The van der Waals surface area contributed by atoms with Crippen LogP contribution in [0.15, 0.2) is 66.7 Å². The summed E-state index contributed by atoms with van der Waals surface area (Å²) in [6, 6.07) is 20.8. The Labute approximate surface area is 171 Å². The molecule has 0 N–H and O–H groups in total. The molecular formula is C23H17NO4S. The van der Waals surface area contributed by atoms with Crippen molar-refractivity contribution >= 4 is 33.5 Å². The second-order valence-corrected chi connectivity index (χ2v) is 7.26. The first-order valence-electron chi connectivity index (χ1n) is 8.89. The highest BCUT2D eigenvalue weighted by atomic mass is 32.1. The Balaban J connectivity index is 2.11. The Morgan fingerprint density at radius 3 is 2.00 bits per heavy atom. The molecule has 0 atom stereocenters. The Bertz CT molecular complexity index is 1200. The molecule has 1 heterocycles. The third kappa shape index (κ3) is 3.39. The van der Waals surface area contributed by atoms with E-state index in [0.717, 1.165) is 20.8 Å². The largest absolute Gasteiger partial charge is 0.465 e. The Morgan fingerprint density at radius 2 is 1.41 bits per heavy atom. The number of carbonyl (C=O) groups is 2. The summed E-state index contributed by atoms with van der Waals surface area (Å²) in [4.78, 5) is 30.0. The van der Waals surface area contributed by atoms with E-state index in [1.807, 2.05) is 60.7 Å². The number of hydrogen-bond donors (Lipinski definition) is 0. The summed E-state index contributed by atoms with van der Waals surface area (Å²) in [5.74, 6) is -1.21. The fraction of sp³-hybridized carbons (Fsp3) is 0.0870. The summed E-state index contributed by atoms with van der Waals surface area (Å²) >= 11 is 1.47. The molecule has 0 unspecified atom stereocenters. The normalized spacial score (nSPS) is 10.7. The quantitative estimate of drug-likeness (QED) is 0.438. The van der Waals surface area contributed by atoms with E-state index in [-0.39, 0.29) is 11.1 Å². The minimum atomic E-state index is -0.612. The Kier molecular flexibility index (Phi) is 5.10. The molecule has 5 nitrogen and oxygen atoms in total. The van der Waals surface area contributed by atoms with Crippen LogP contribution in [-0.2, 0) is 9.47 Å². The predicted molar refractivity (Wildman–Crippen MR) is 113 cm³/mol. The van der Waals surface area contributed by atoms with Crippen LogP contribution in [0.2, 0.25) is 0 Å². The van der Waals surface area contributed by atoms with E-state index in [4.69, 9.17) is 14.5 Å². The molecule has 0 spiro atoms. The van der Waals surface area contributed by atoms with Gasteiger partial charge >= 0.3 is 11.9 Å². The number of rotatable bonds is 4. The highest BCUT2D eigenvalue weighted by molar-refractivity contribution is 7.22. The molecule has 0 saturated carbocycles. The van der Waals surface area contributed by atoms with Gasteiger partial charge in [-0.15, -0.1) is 11.3 Å². The summed E-state index contributed by atoms with van der Waals surface area (Å²) in [5.41, 5.74) is 3.33. The van der Waals surface area contributed by atoms with Crippen LogP contribution >= 0.6 is 11.3 Å². The molecule has 29 heavy (non-hydrogen) atoms. The van der Waals surface area contributed by atoms with Gasteiger partial charge in [-0.25, -0.2) is 14.6 Å². The molecule has 1 aromatic heterocycles. The molecule has 0 saturated heterocycles. The third-order valence-corrected chi connectivity index (χ3v) is 5.70. The molecule has 0 aliphatic carbocycles. The summed E-state index contributed by atoms with van der Waals surface area (Å²) in [6.07, 6.45) is 0. The van der Waals surface area contributed by atoms with Crippen molar-refractivity contribution in [1.29, 1.82) is 0 Å². The molecule has 4 aromatic rings. The first kappa shape index (κ1) is 18.8. The van der Waals surface area contributed by atoms with Gasteiger partial charge in [0.25, 0.3) is 0 Å². The van der Waals surface area contributed by atoms with Gasteiger partial charge in [0.2, 0.25) is 0 Å². The van der Waals surface area contributed by atoms with Gasteiger partial charge in [-0.3, -0.25) is 0 Å². The van der Waals surface area contributed by atoms with Crippen LogP contribution in [-0.4, -0.2) is 31.1 Å². The fourth-order valence-electron chi connectivity index (χ4n) is 3.24. The lowest BCUT2D eigenvalue weighted by Crippen LogP contribution is -2.13. The van der Waals surface area contributed by atoms with E-state index in [1.165, 1.54) is 25.6 Å². The number of ether oxygens (including phenoxy) is 2. The van der Waals surface area contributed by atoms with E-state index in [0.29, 0.717) is 11.1 Å². The maximum Gasteiger partial charge on any atom is 0.339 e. The van der Waals surface area contributed by atoms with Gasteiger partial charge in [-0.2, -0.15) is 0 Å². The zero-order chi connectivity index (χ0) is 20.4. The molecule has 3 aromatic carbocycles. The summed E-state index contributed by atoms with van der Waals surface area (Å²) in [5, 5.41) is 0.801. The van der Waals surface area contributed by atoms with E-state index in [2.05, 4.69) is 0 Å². The predicted octanol–water partition coefficient (Wildman–Crippen LogP) is 5.20. The van der Waals surface area contributed by atoms with Crippen molar-refractivity contribution in [2.24, 2.45) is 0 Å². The number of hydrogen-bond acceptors (Lipinski definition) is 6. The van der Waals surface area contributed by atoms with Crippen LogP contribution < -0.4 is 0 Å². The number of fused-ring (bicyclic) bond motifs is 1. The highest BCUT2D eigenvalue weighted by Gasteiger charge is 2.27. The van der Waals surface area contributed by atoms with Crippen molar-refractivity contribution in [3.63, 3.8) is 0 Å². The highest BCUT2D eigenvalue weighted by Crippen LogP contribution is 2.41. The number of methoxy groups -OCH3 is 2. The van der Waals surface area contributed by atoms with E-state index < -0.39 is 11.9 Å². The van der Waals surface area contributed by atoms with Gasteiger partial charge in [-0.1, -0.05) is 60.7 Å². The first-order chi connectivity index (χ1) is 14.1. The van der Waals surface area contributed by atoms with Crippen LogP contribution in [0.25, 0.3) is 31.9 Å². The fourth-order valence-corrected chi connectivity index (χ4v) is 4.36. The number of carbonyl (C=O) groups excluding carboxylic acids is 2. The van der Waals surface area contributed by atoms with Gasteiger partial charge in [0.05, 0.1) is 35.6 Å². The van der Waals surface area contributed by atoms with Gasteiger partial charge < -0.3 is 9.47 Å². The van der Waals surface area contributed by atoms with Gasteiger partial charge in [0.15, 0.2) is 0 Å².